The second-order valence-corrected chi connectivity index (χ2v) is 4.83. The number of carbonyl (C=O) groups is 1. The van der Waals surface area contributed by atoms with Crippen LogP contribution in [0, 0.1) is 16.7 Å². The number of ketones is 1. The zero-order chi connectivity index (χ0) is 10.2. The molecule has 2 rings (SSSR count). The van der Waals surface area contributed by atoms with Crippen molar-refractivity contribution < 1.29 is 4.79 Å². The number of Topliss-reactive ketones (excluding diaryl/α,β-unsaturated/α-hetero) is 1. The van der Waals surface area contributed by atoms with Gasteiger partial charge in [0.2, 0.25) is 0 Å². The third-order valence-corrected chi connectivity index (χ3v) is 3.51. The summed E-state index contributed by atoms with van der Waals surface area (Å²) in [4.78, 5) is 13.5. The minimum absolute atomic E-state index is 0.175. The molecule has 3 heteroatoms. The lowest BCUT2D eigenvalue weighted by molar-refractivity contribution is -0.117. The summed E-state index contributed by atoms with van der Waals surface area (Å²) in [5.41, 5.74) is -0.175. The average molecular weight is 192 g/mol. The van der Waals surface area contributed by atoms with Gasteiger partial charge >= 0.3 is 0 Å². The van der Waals surface area contributed by atoms with Crippen LogP contribution in [0.2, 0.25) is 0 Å². The molecule has 2 aliphatic rings. The molecule has 0 aromatic carbocycles. The smallest absolute Gasteiger partial charge is 0.134 e. The predicted octanol–water partition coefficient (Wildman–Crippen LogP) is 1.34. The summed E-state index contributed by atoms with van der Waals surface area (Å²) in [5.74, 6) is 0.389. The van der Waals surface area contributed by atoms with Gasteiger partial charge in [0.25, 0.3) is 0 Å². The molecular formula is C11H16N2O. The fourth-order valence-electron chi connectivity index (χ4n) is 2.51. The summed E-state index contributed by atoms with van der Waals surface area (Å²) in [6.45, 7) is 3.85. The van der Waals surface area contributed by atoms with Crippen LogP contribution in [0.1, 0.15) is 32.6 Å². The Kier molecular flexibility index (Phi) is 2.32. The molecule has 0 aromatic rings. The Morgan fingerprint density at radius 2 is 2.43 bits per heavy atom. The van der Waals surface area contributed by atoms with Gasteiger partial charge in [-0.2, -0.15) is 5.26 Å². The Bertz CT molecular complexity index is 294. The Labute approximate surface area is 84.7 Å². The van der Waals surface area contributed by atoms with E-state index in [1.165, 1.54) is 0 Å². The number of carbonyl (C=O) groups excluding carboxylic acids is 1. The first-order valence-electron chi connectivity index (χ1n) is 5.30. The fraction of sp³-hybridized carbons (Fsp3) is 0.818. The molecule has 2 unspecified atom stereocenters. The second-order valence-electron chi connectivity index (χ2n) is 4.83. The zero-order valence-corrected chi connectivity index (χ0v) is 8.62. The average Bonchev–Trinajstić information content (AvgIpc) is 2.73. The highest BCUT2D eigenvalue weighted by molar-refractivity contribution is 5.81. The third kappa shape index (κ3) is 1.67. The molecule has 1 aliphatic carbocycles. The highest BCUT2D eigenvalue weighted by Crippen LogP contribution is 2.33. The molecule has 0 radical (unpaired) electrons. The fourth-order valence-corrected chi connectivity index (χ4v) is 2.51. The quantitative estimate of drug-likeness (QED) is 0.629. The van der Waals surface area contributed by atoms with Gasteiger partial charge in [-0.25, -0.2) is 0 Å². The molecule has 2 atom stereocenters. The van der Waals surface area contributed by atoms with Crippen LogP contribution in [-0.2, 0) is 4.79 Å². The first-order valence-corrected chi connectivity index (χ1v) is 5.30. The van der Waals surface area contributed by atoms with Crippen molar-refractivity contribution in [1.82, 2.24) is 4.90 Å². The van der Waals surface area contributed by atoms with Gasteiger partial charge in [0.1, 0.15) is 5.78 Å². The zero-order valence-electron chi connectivity index (χ0n) is 8.62. The number of nitrogens with zero attached hydrogens (tertiary/aromatic N) is 2. The molecular weight excluding hydrogens is 176 g/mol. The van der Waals surface area contributed by atoms with E-state index >= 15 is 0 Å². The van der Waals surface area contributed by atoms with Gasteiger partial charge in [-0.15, -0.1) is 0 Å². The molecule has 1 heterocycles. The monoisotopic (exact) mass is 192 g/mol. The molecule has 14 heavy (non-hydrogen) atoms. The Balaban J connectivity index is 1.96. The topological polar surface area (TPSA) is 44.1 Å². The molecule has 76 valence electrons. The van der Waals surface area contributed by atoms with Crippen molar-refractivity contribution in [3.05, 3.63) is 0 Å². The first kappa shape index (κ1) is 9.67. The number of hydrogen-bond donors (Lipinski definition) is 0. The largest absolute Gasteiger partial charge is 0.300 e. The standard InChI is InChI=1S/C11H16N2O/c1-11(7-12)4-5-13(8-11)9-2-3-10(14)6-9/h9H,2-6,8H2,1H3. The van der Waals surface area contributed by atoms with Gasteiger partial charge in [0, 0.05) is 32.0 Å². The summed E-state index contributed by atoms with van der Waals surface area (Å²) in [5, 5.41) is 8.99. The molecule has 0 N–H and O–H groups in total. The summed E-state index contributed by atoms with van der Waals surface area (Å²) in [7, 11) is 0. The highest BCUT2D eigenvalue weighted by atomic mass is 16.1. The van der Waals surface area contributed by atoms with Gasteiger partial charge in [-0.05, 0) is 19.8 Å². The number of nitriles is 1. The van der Waals surface area contributed by atoms with Crippen LogP contribution >= 0.6 is 0 Å². The third-order valence-electron chi connectivity index (χ3n) is 3.51. The summed E-state index contributed by atoms with van der Waals surface area (Å²) >= 11 is 0. The lowest BCUT2D eigenvalue weighted by atomic mass is 9.92. The van der Waals surface area contributed by atoms with E-state index in [2.05, 4.69) is 11.0 Å². The predicted molar refractivity (Wildman–Crippen MR) is 52.6 cm³/mol. The van der Waals surface area contributed by atoms with E-state index in [0.717, 1.165) is 32.4 Å². The highest BCUT2D eigenvalue weighted by Gasteiger charge is 2.38. The first-order chi connectivity index (χ1) is 6.63. The van der Waals surface area contributed by atoms with Crippen molar-refractivity contribution in [3.63, 3.8) is 0 Å². The van der Waals surface area contributed by atoms with E-state index in [1.54, 1.807) is 0 Å². The van der Waals surface area contributed by atoms with Crippen LogP contribution in [0.3, 0.4) is 0 Å². The molecule has 0 amide bonds. The van der Waals surface area contributed by atoms with Gasteiger partial charge in [0.15, 0.2) is 0 Å². The van der Waals surface area contributed by atoms with Gasteiger partial charge in [0.05, 0.1) is 11.5 Å². The van der Waals surface area contributed by atoms with Crippen molar-refractivity contribution in [1.29, 1.82) is 5.26 Å². The summed E-state index contributed by atoms with van der Waals surface area (Å²) in [6, 6.07) is 2.81. The lowest BCUT2D eigenvalue weighted by Gasteiger charge is -2.23. The van der Waals surface area contributed by atoms with Crippen LogP contribution in [0.25, 0.3) is 0 Å². The molecule has 1 saturated heterocycles. The van der Waals surface area contributed by atoms with Crippen LogP contribution in [0.4, 0.5) is 0 Å². The Morgan fingerprint density at radius 3 is 2.93 bits per heavy atom. The Morgan fingerprint density at radius 1 is 1.64 bits per heavy atom. The maximum Gasteiger partial charge on any atom is 0.134 e. The SMILES string of the molecule is CC1(C#N)CCN(C2CCC(=O)C2)C1. The summed E-state index contributed by atoms with van der Waals surface area (Å²) < 4.78 is 0. The van der Waals surface area contributed by atoms with Crippen molar-refractivity contribution >= 4 is 5.78 Å². The van der Waals surface area contributed by atoms with Crippen molar-refractivity contribution in [2.45, 2.75) is 38.6 Å². The van der Waals surface area contributed by atoms with Gasteiger partial charge in [-0.1, -0.05) is 0 Å². The molecule has 0 bridgehead atoms. The Hall–Kier alpha value is -0.880. The minimum Gasteiger partial charge on any atom is -0.300 e. The van der Waals surface area contributed by atoms with Crippen LogP contribution < -0.4 is 0 Å². The van der Waals surface area contributed by atoms with E-state index < -0.39 is 0 Å². The molecule has 1 saturated carbocycles. The van der Waals surface area contributed by atoms with E-state index in [-0.39, 0.29) is 5.41 Å². The van der Waals surface area contributed by atoms with E-state index in [1.807, 2.05) is 6.92 Å². The normalized spacial score (nSPS) is 38.9. The van der Waals surface area contributed by atoms with E-state index in [4.69, 9.17) is 5.26 Å². The van der Waals surface area contributed by atoms with Gasteiger partial charge in [-0.3, -0.25) is 9.69 Å². The van der Waals surface area contributed by atoms with Crippen molar-refractivity contribution in [2.75, 3.05) is 13.1 Å². The minimum atomic E-state index is -0.175. The maximum atomic E-state index is 11.1. The molecule has 1 aliphatic heterocycles. The number of hydrogen-bond acceptors (Lipinski definition) is 3. The summed E-state index contributed by atoms with van der Waals surface area (Å²) in [6.07, 6.45) is 3.40. The van der Waals surface area contributed by atoms with Crippen LogP contribution in [-0.4, -0.2) is 29.8 Å². The van der Waals surface area contributed by atoms with E-state index in [0.29, 0.717) is 18.2 Å². The lowest BCUT2D eigenvalue weighted by Crippen LogP contribution is -2.33. The van der Waals surface area contributed by atoms with Crippen molar-refractivity contribution in [2.24, 2.45) is 5.41 Å². The van der Waals surface area contributed by atoms with Crippen molar-refractivity contribution in [3.8, 4) is 6.07 Å². The second kappa shape index (κ2) is 3.36. The molecule has 2 fully saturated rings. The molecule has 0 aromatic heterocycles. The van der Waals surface area contributed by atoms with Gasteiger partial charge < -0.3 is 0 Å². The number of rotatable bonds is 1. The molecule has 0 spiro atoms. The van der Waals surface area contributed by atoms with Crippen LogP contribution in [0.15, 0.2) is 0 Å². The maximum absolute atomic E-state index is 11.1. The molecule has 3 nitrogen and oxygen atoms in total. The number of likely N-dealkylation sites (tertiary alicyclic amines) is 1. The van der Waals surface area contributed by atoms with E-state index in [9.17, 15) is 4.79 Å². The van der Waals surface area contributed by atoms with Crippen LogP contribution in [0.5, 0.6) is 0 Å².